The van der Waals surface area contributed by atoms with E-state index in [0.717, 1.165) is 10.8 Å². The SMILES string of the molecule is CN(Cc1ccccn1)c1nc(N)ns1. The van der Waals surface area contributed by atoms with E-state index < -0.39 is 0 Å². The molecule has 6 heteroatoms. The van der Waals surface area contributed by atoms with Crippen LogP contribution in [0.15, 0.2) is 24.4 Å². The maximum atomic E-state index is 5.46. The number of nitrogens with two attached hydrogens (primary N) is 1. The molecule has 5 nitrogen and oxygen atoms in total. The first-order chi connectivity index (χ1) is 7.25. The second kappa shape index (κ2) is 4.22. The van der Waals surface area contributed by atoms with Crippen LogP contribution in [0.3, 0.4) is 0 Å². The van der Waals surface area contributed by atoms with E-state index >= 15 is 0 Å². The number of nitrogen functional groups attached to an aromatic ring is 1. The van der Waals surface area contributed by atoms with Crippen LogP contribution in [0.5, 0.6) is 0 Å². The lowest BCUT2D eigenvalue weighted by Gasteiger charge is -2.13. The fraction of sp³-hybridized carbons (Fsp3) is 0.222. The van der Waals surface area contributed by atoms with Gasteiger partial charge in [0.1, 0.15) is 0 Å². The molecule has 0 aromatic carbocycles. The maximum absolute atomic E-state index is 5.46. The van der Waals surface area contributed by atoms with Crippen molar-refractivity contribution in [3.63, 3.8) is 0 Å². The average Bonchev–Trinajstić information content (AvgIpc) is 2.66. The summed E-state index contributed by atoms with van der Waals surface area (Å²) in [5.74, 6) is 0.322. The molecule has 0 unspecified atom stereocenters. The van der Waals surface area contributed by atoms with Crippen molar-refractivity contribution in [3.8, 4) is 0 Å². The Morgan fingerprint density at radius 1 is 1.47 bits per heavy atom. The molecular weight excluding hydrogens is 210 g/mol. The number of hydrogen-bond acceptors (Lipinski definition) is 6. The van der Waals surface area contributed by atoms with Crippen LogP contribution in [0, 0.1) is 0 Å². The highest BCUT2D eigenvalue weighted by molar-refractivity contribution is 7.09. The summed E-state index contributed by atoms with van der Waals surface area (Å²) in [6.45, 7) is 0.704. The zero-order valence-electron chi connectivity index (χ0n) is 8.29. The fourth-order valence-corrected chi connectivity index (χ4v) is 1.74. The largest absolute Gasteiger partial charge is 0.367 e. The molecule has 0 aliphatic heterocycles. The lowest BCUT2D eigenvalue weighted by molar-refractivity contribution is 0.879. The molecular formula is C9H11N5S. The first kappa shape index (κ1) is 9.85. The van der Waals surface area contributed by atoms with Crippen molar-refractivity contribution in [3.05, 3.63) is 30.1 Å². The average molecular weight is 221 g/mol. The molecule has 0 fully saturated rings. The molecule has 2 aromatic heterocycles. The predicted octanol–water partition coefficient (Wildman–Crippen LogP) is 1.15. The third-order valence-corrected chi connectivity index (χ3v) is 2.73. The number of aromatic nitrogens is 3. The molecule has 2 aromatic rings. The maximum Gasteiger partial charge on any atom is 0.233 e. The van der Waals surface area contributed by atoms with E-state index in [0.29, 0.717) is 12.5 Å². The molecule has 0 aliphatic rings. The van der Waals surface area contributed by atoms with Crippen molar-refractivity contribution in [2.24, 2.45) is 0 Å². The quantitative estimate of drug-likeness (QED) is 0.842. The molecule has 0 amide bonds. The van der Waals surface area contributed by atoms with E-state index in [9.17, 15) is 0 Å². The van der Waals surface area contributed by atoms with Gasteiger partial charge in [-0.3, -0.25) is 4.98 Å². The molecule has 15 heavy (non-hydrogen) atoms. The summed E-state index contributed by atoms with van der Waals surface area (Å²) in [5.41, 5.74) is 6.45. The molecule has 2 rings (SSSR count). The zero-order chi connectivity index (χ0) is 10.7. The Hall–Kier alpha value is -1.69. The zero-order valence-corrected chi connectivity index (χ0v) is 9.11. The van der Waals surface area contributed by atoms with Crippen LogP contribution in [0.2, 0.25) is 0 Å². The number of anilines is 2. The Labute approximate surface area is 91.8 Å². The number of nitrogens with zero attached hydrogens (tertiary/aromatic N) is 4. The minimum atomic E-state index is 0.322. The summed E-state index contributed by atoms with van der Waals surface area (Å²) in [5, 5.41) is 0.804. The summed E-state index contributed by atoms with van der Waals surface area (Å²) < 4.78 is 3.93. The van der Waals surface area contributed by atoms with Crippen LogP contribution < -0.4 is 10.6 Å². The second-order valence-corrected chi connectivity index (χ2v) is 3.84. The summed E-state index contributed by atoms with van der Waals surface area (Å²) >= 11 is 1.29. The molecule has 0 saturated carbocycles. The molecule has 0 spiro atoms. The summed E-state index contributed by atoms with van der Waals surface area (Å²) in [6.07, 6.45) is 1.78. The Kier molecular flexibility index (Phi) is 2.77. The van der Waals surface area contributed by atoms with Gasteiger partial charge in [-0.05, 0) is 12.1 Å². The molecule has 0 radical (unpaired) electrons. The first-order valence-electron chi connectivity index (χ1n) is 4.46. The Morgan fingerprint density at radius 2 is 2.33 bits per heavy atom. The van der Waals surface area contributed by atoms with E-state index in [-0.39, 0.29) is 0 Å². The smallest absolute Gasteiger partial charge is 0.233 e. The van der Waals surface area contributed by atoms with Crippen LogP contribution in [0.1, 0.15) is 5.69 Å². The number of rotatable bonds is 3. The van der Waals surface area contributed by atoms with Crippen LogP contribution in [-0.2, 0) is 6.54 Å². The molecule has 0 atom stereocenters. The highest BCUT2D eigenvalue weighted by Gasteiger charge is 2.07. The third-order valence-electron chi connectivity index (χ3n) is 1.88. The summed E-state index contributed by atoms with van der Waals surface area (Å²) in [4.78, 5) is 10.3. The Balaban J connectivity index is 2.07. The van der Waals surface area contributed by atoms with Crippen molar-refractivity contribution >= 4 is 22.6 Å². The van der Waals surface area contributed by atoms with Gasteiger partial charge in [-0.2, -0.15) is 9.36 Å². The standard InChI is InChI=1S/C9H11N5S/c1-14(9-12-8(10)13-15-9)6-7-4-2-3-5-11-7/h2-5H,6H2,1H3,(H2,10,13). The van der Waals surface area contributed by atoms with Crippen molar-refractivity contribution in [1.29, 1.82) is 0 Å². The van der Waals surface area contributed by atoms with Gasteiger partial charge < -0.3 is 10.6 Å². The van der Waals surface area contributed by atoms with E-state index in [1.54, 1.807) is 6.20 Å². The number of hydrogen-bond donors (Lipinski definition) is 1. The van der Waals surface area contributed by atoms with Gasteiger partial charge in [0, 0.05) is 24.8 Å². The molecule has 78 valence electrons. The van der Waals surface area contributed by atoms with Gasteiger partial charge in [0.25, 0.3) is 0 Å². The summed E-state index contributed by atoms with van der Waals surface area (Å²) in [7, 11) is 1.94. The van der Waals surface area contributed by atoms with Crippen LogP contribution in [0.4, 0.5) is 11.1 Å². The molecule has 0 bridgehead atoms. The van der Waals surface area contributed by atoms with Gasteiger partial charge in [-0.15, -0.1) is 0 Å². The molecule has 2 heterocycles. The highest BCUT2D eigenvalue weighted by atomic mass is 32.1. The van der Waals surface area contributed by atoms with Gasteiger partial charge in [0.2, 0.25) is 11.1 Å². The van der Waals surface area contributed by atoms with E-state index in [1.165, 1.54) is 11.5 Å². The lowest BCUT2D eigenvalue weighted by atomic mass is 10.3. The lowest BCUT2D eigenvalue weighted by Crippen LogP contribution is -2.16. The van der Waals surface area contributed by atoms with Gasteiger partial charge in [-0.1, -0.05) is 6.07 Å². The molecule has 2 N–H and O–H groups in total. The highest BCUT2D eigenvalue weighted by Crippen LogP contribution is 2.17. The third kappa shape index (κ3) is 2.41. The van der Waals surface area contributed by atoms with E-state index in [4.69, 9.17) is 5.73 Å². The summed E-state index contributed by atoms with van der Waals surface area (Å²) in [6, 6.07) is 5.83. The van der Waals surface area contributed by atoms with Crippen LogP contribution >= 0.6 is 11.5 Å². The van der Waals surface area contributed by atoms with E-state index in [2.05, 4.69) is 14.3 Å². The van der Waals surface area contributed by atoms with Gasteiger partial charge >= 0.3 is 0 Å². The van der Waals surface area contributed by atoms with Crippen molar-refractivity contribution in [2.45, 2.75) is 6.54 Å². The van der Waals surface area contributed by atoms with Crippen molar-refractivity contribution in [2.75, 3.05) is 17.7 Å². The Morgan fingerprint density at radius 3 is 2.93 bits per heavy atom. The minimum absolute atomic E-state index is 0.322. The van der Waals surface area contributed by atoms with Crippen molar-refractivity contribution in [1.82, 2.24) is 14.3 Å². The van der Waals surface area contributed by atoms with Crippen molar-refractivity contribution < 1.29 is 0 Å². The molecule has 0 saturated heterocycles. The fourth-order valence-electron chi connectivity index (χ4n) is 1.18. The van der Waals surface area contributed by atoms with Crippen LogP contribution in [-0.4, -0.2) is 21.4 Å². The van der Waals surface area contributed by atoms with Gasteiger partial charge in [0.05, 0.1) is 12.2 Å². The van der Waals surface area contributed by atoms with Gasteiger partial charge in [-0.25, -0.2) is 0 Å². The van der Waals surface area contributed by atoms with Crippen LogP contribution in [0.25, 0.3) is 0 Å². The topological polar surface area (TPSA) is 67.9 Å². The monoisotopic (exact) mass is 221 g/mol. The first-order valence-corrected chi connectivity index (χ1v) is 5.23. The minimum Gasteiger partial charge on any atom is -0.367 e. The van der Waals surface area contributed by atoms with E-state index in [1.807, 2.05) is 30.1 Å². The second-order valence-electron chi connectivity index (χ2n) is 3.11. The Bertz CT molecular complexity index is 427. The predicted molar refractivity (Wildman–Crippen MR) is 60.7 cm³/mol. The number of pyridine rings is 1. The molecule has 0 aliphatic carbocycles. The normalized spacial score (nSPS) is 10.2. The van der Waals surface area contributed by atoms with Gasteiger partial charge in [0.15, 0.2) is 0 Å².